The van der Waals surface area contributed by atoms with E-state index >= 15 is 0 Å². The molecule has 2 N–H and O–H groups in total. The van der Waals surface area contributed by atoms with Crippen LogP contribution in [0, 0.1) is 26.6 Å². The molecule has 0 atom stereocenters. The SMILES string of the molecule is Cc1ccc(F)c(-c2nc(N)c3c(C)c(C)sc3n2)c1. The van der Waals surface area contributed by atoms with Crippen LogP contribution in [0.3, 0.4) is 0 Å². The molecule has 102 valence electrons. The number of hydrogen-bond acceptors (Lipinski definition) is 4. The number of aryl methyl sites for hydroxylation is 3. The Labute approximate surface area is 120 Å². The van der Waals surface area contributed by atoms with E-state index < -0.39 is 0 Å². The van der Waals surface area contributed by atoms with Crippen molar-refractivity contribution in [2.75, 3.05) is 5.73 Å². The van der Waals surface area contributed by atoms with Gasteiger partial charge in [-0.1, -0.05) is 11.6 Å². The average Bonchev–Trinajstić information content (AvgIpc) is 2.68. The van der Waals surface area contributed by atoms with Crippen molar-refractivity contribution in [2.45, 2.75) is 20.8 Å². The monoisotopic (exact) mass is 287 g/mol. The van der Waals surface area contributed by atoms with Crippen LogP contribution in [0.25, 0.3) is 21.6 Å². The van der Waals surface area contributed by atoms with Crippen molar-refractivity contribution in [3.8, 4) is 11.4 Å². The fraction of sp³-hybridized carbons (Fsp3) is 0.200. The summed E-state index contributed by atoms with van der Waals surface area (Å²) in [5.41, 5.74) is 8.48. The molecule has 0 bridgehead atoms. The van der Waals surface area contributed by atoms with Gasteiger partial charge in [0.1, 0.15) is 16.5 Å². The highest BCUT2D eigenvalue weighted by Crippen LogP contribution is 2.34. The van der Waals surface area contributed by atoms with Gasteiger partial charge < -0.3 is 5.73 Å². The molecule has 0 amide bonds. The number of thiophene rings is 1. The highest BCUT2D eigenvalue weighted by Gasteiger charge is 2.15. The van der Waals surface area contributed by atoms with E-state index in [1.807, 2.05) is 20.8 Å². The summed E-state index contributed by atoms with van der Waals surface area (Å²) in [4.78, 5) is 10.7. The van der Waals surface area contributed by atoms with Crippen LogP contribution in [0.15, 0.2) is 18.2 Å². The van der Waals surface area contributed by atoms with Gasteiger partial charge >= 0.3 is 0 Å². The fourth-order valence-corrected chi connectivity index (χ4v) is 3.25. The van der Waals surface area contributed by atoms with Crippen molar-refractivity contribution in [2.24, 2.45) is 0 Å². The minimum Gasteiger partial charge on any atom is -0.383 e. The number of nitrogens with zero attached hydrogens (tertiary/aromatic N) is 2. The van der Waals surface area contributed by atoms with Gasteiger partial charge in [0.2, 0.25) is 0 Å². The molecule has 0 aliphatic heterocycles. The summed E-state index contributed by atoms with van der Waals surface area (Å²) in [7, 11) is 0. The molecule has 0 aliphatic rings. The third-order valence-corrected chi connectivity index (χ3v) is 4.52. The first-order valence-corrected chi connectivity index (χ1v) is 7.08. The van der Waals surface area contributed by atoms with E-state index in [9.17, 15) is 4.39 Å². The molecule has 0 spiro atoms. The molecule has 0 radical (unpaired) electrons. The maximum Gasteiger partial charge on any atom is 0.166 e. The second-order valence-corrected chi connectivity index (χ2v) is 6.08. The molecule has 3 rings (SSSR count). The van der Waals surface area contributed by atoms with Gasteiger partial charge in [0.15, 0.2) is 5.82 Å². The molecule has 1 aromatic carbocycles. The summed E-state index contributed by atoms with van der Waals surface area (Å²) >= 11 is 1.56. The number of hydrogen-bond donors (Lipinski definition) is 1. The Bertz CT molecular complexity index is 824. The van der Waals surface area contributed by atoms with Crippen LogP contribution in [-0.4, -0.2) is 9.97 Å². The molecule has 2 aromatic heterocycles. The molecule has 0 unspecified atom stereocenters. The van der Waals surface area contributed by atoms with Crippen molar-refractivity contribution < 1.29 is 4.39 Å². The predicted molar refractivity (Wildman–Crippen MR) is 81.4 cm³/mol. The lowest BCUT2D eigenvalue weighted by Crippen LogP contribution is -1.98. The molecule has 0 fully saturated rings. The highest BCUT2D eigenvalue weighted by atomic mass is 32.1. The normalized spacial score (nSPS) is 11.2. The molecule has 0 saturated heterocycles. The van der Waals surface area contributed by atoms with Crippen molar-refractivity contribution in [1.82, 2.24) is 9.97 Å². The number of benzene rings is 1. The Hall–Kier alpha value is -2.01. The van der Waals surface area contributed by atoms with Gasteiger partial charge in [-0.25, -0.2) is 14.4 Å². The number of aromatic nitrogens is 2. The van der Waals surface area contributed by atoms with Crippen molar-refractivity contribution in [3.63, 3.8) is 0 Å². The van der Waals surface area contributed by atoms with E-state index in [1.54, 1.807) is 23.5 Å². The predicted octanol–water partition coefficient (Wildman–Crippen LogP) is 4.00. The van der Waals surface area contributed by atoms with Crippen LogP contribution in [-0.2, 0) is 0 Å². The van der Waals surface area contributed by atoms with Gasteiger partial charge in [-0.2, -0.15) is 0 Å². The average molecular weight is 287 g/mol. The smallest absolute Gasteiger partial charge is 0.166 e. The molecule has 2 heterocycles. The lowest BCUT2D eigenvalue weighted by molar-refractivity contribution is 0.629. The number of anilines is 1. The third kappa shape index (κ3) is 1.94. The lowest BCUT2D eigenvalue weighted by atomic mass is 10.1. The topological polar surface area (TPSA) is 51.8 Å². The van der Waals surface area contributed by atoms with Gasteiger partial charge in [-0.05, 0) is 38.5 Å². The molecule has 0 saturated carbocycles. The van der Waals surface area contributed by atoms with E-state index in [0.717, 1.165) is 26.2 Å². The van der Waals surface area contributed by atoms with E-state index in [4.69, 9.17) is 5.73 Å². The van der Waals surface area contributed by atoms with Crippen LogP contribution in [0.4, 0.5) is 10.2 Å². The van der Waals surface area contributed by atoms with E-state index in [1.165, 1.54) is 6.07 Å². The molecule has 5 heteroatoms. The van der Waals surface area contributed by atoms with Crippen LogP contribution >= 0.6 is 11.3 Å². The summed E-state index contributed by atoms with van der Waals surface area (Å²) in [5.74, 6) is 0.421. The Morgan fingerprint density at radius 2 is 1.90 bits per heavy atom. The first-order valence-electron chi connectivity index (χ1n) is 6.27. The second-order valence-electron chi connectivity index (χ2n) is 4.88. The second kappa shape index (κ2) is 4.52. The molecule has 3 aromatic rings. The summed E-state index contributed by atoms with van der Waals surface area (Å²) in [6.07, 6.45) is 0. The number of rotatable bonds is 1. The van der Waals surface area contributed by atoms with Crippen LogP contribution in [0.2, 0.25) is 0 Å². The molecule has 0 aliphatic carbocycles. The van der Waals surface area contributed by atoms with Crippen LogP contribution < -0.4 is 5.73 Å². The Morgan fingerprint density at radius 1 is 1.15 bits per heavy atom. The molecular formula is C15H14FN3S. The van der Waals surface area contributed by atoms with E-state index in [2.05, 4.69) is 9.97 Å². The largest absolute Gasteiger partial charge is 0.383 e. The molecule has 3 nitrogen and oxygen atoms in total. The zero-order valence-electron chi connectivity index (χ0n) is 11.5. The van der Waals surface area contributed by atoms with Gasteiger partial charge in [-0.3, -0.25) is 0 Å². The standard InChI is InChI=1S/C15H14FN3S/c1-7-4-5-11(16)10(6-7)14-18-13(17)12-8(2)9(3)20-15(12)19-14/h4-6H,1-3H3,(H2,17,18,19). The minimum absolute atomic E-state index is 0.334. The fourth-order valence-electron chi connectivity index (χ4n) is 2.21. The van der Waals surface area contributed by atoms with E-state index in [0.29, 0.717) is 17.2 Å². The third-order valence-electron chi connectivity index (χ3n) is 3.42. The summed E-state index contributed by atoms with van der Waals surface area (Å²) < 4.78 is 14.0. The highest BCUT2D eigenvalue weighted by molar-refractivity contribution is 7.18. The van der Waals surface area contributed by atoms with Gasteiger partial charge in [0, 0.05) is 4.88 Å². The van der Waals surface area contributed by atoms with Crippen LogP contribution in [0.5, 0.6) is 0 Å². The van der Waals surface area contributed by atoms with E-state index in [-0.39, 0.29) is 5.82 Å². The maximum atomic E-state index is 14.0. The Kier molecular flexibility index (Phi) is 2.94. The van der Waals surface area contributed by atoms with Crippen LogP contribution in [0.1, 0.15) is 16.0 Å². The summed E-state index contributed by atoms with van der Waals surface area (Å²) in [6.45, 7) is 5.93. The zero-order valence-corrected chi connectivity index (χ0v) is 12.3. The van der Waals surface area contributed by atoms with Crippen molar-refractivity contribution in [3.05, 3.63) is 40.0 Å². The number of nitrogens with two attached hydrogens (primary N) is 1. The molecular weight excluding hydrogens is 273 g/mol. The quantitative estimate of drug-likeness (QED) is 0.736. The number of halogens is 1. The van der Waals surface area contributed by atoms with Gasteiger partial charge in [0.25, 0.3) is 0 Å². The van der Waals surface area contributed by atoms with Crippen molar-refractivity contribution in [1.29, 1.82) is 0 Å². The Morgan fingerprint density at radius 3 is 2.65 bits per heavy atom. The number of fused-ring (bicyclic) bond motifs is 1. The number of nitrogen functional groups attached to an aromatic ring is 1. The Balaban J connectivity index is 2.30. The van der Waals surface area contributed by atoms with Gasteiger partial charge in [0.05, 0.1) is 10.9 Å². The summed E-state index contributed by atoms with van der Waals surface area (Å²) in [5, 5.41) is 0.879. The lowest BCUT2D eigenvalue weighted by Gasteiger charge is -2.05. The molecule has 20 heavy (non-hydrogen) atoms. The zero-order chi connectivity index (χ0) is 14.4. The minimum atomic E-state index is -0.334. The van der Waals surface area contributed by atoms with Crippen molar-refractivity contribution >= 4 is 27.4 Å². The first kappa shape index (κ1) is 13.0. The maximum absolute atomic E-state index is 14.0. The van der Waals surface area contributed by atoms with Gasteiger partial charge in [-0.15, -0.1) is 11.3 Å². The summed E-state index contributed by atoms with van der Waals surface area (Å²) in [6, 6.07) is 4.89. The first-order chi connectivity index (χ1) is 9.47.